The van der Waals surface area contributed by atoms with Gasteiger partial charge in [0.05, 0.1) is 0 Å². The molecule has 0 aromatic rings. The van der Waals surface area contributed by atoms with Gasteiger partial charge in [-0.15, -0.1) is 0 Å². The average molecular weight is 283 g/mol. The molecule has 1 aliphatic heterocycles. The number of nitrogens with zero attached hydrogens (tertiary/aromatic N) is 2. The number of carbonyl (C=O) groups is 1. The molecule has 5 heteroatoms. The van der Waals surface area contributed by atoms with E-state index in [0.717, 1.165) is 45.6 Å². The van der Waals surface area contributed by atoms with Crippen LogP contribution in [0.2, 0.25) is 0 Å². The molecule has 0 amide bonds. The summed E-state index contributed by atoms with van der Waals surface area (Å²) in [6, 6.07) is 0.198. The largest absolute Gasteiger partial charge is 0.480 e. The first-order valence-electron chi connectivity index (χ1n) is 7.93. The lowest BCUT2D eigenvalue weighted by atomic mass is 9.91. The molecule has 1 unspecified atom stereocenters. The molecule has 2 fully saturated rings. The van der Waals surface area contributed by atoms with E-state index in [-0.39, 0.29) is 6.04 Å². The molecular weight excluding hydrogens is 254 g/mol. The maximum absolute atomic E-state index is 11.9. The first-order chi connectivity index (χ1) is 9.48. The first-order valence-corrected chi connectivity index (χ1v) is 7.93. The van der Waals surface area contributed by atoms with Crippen LogP contribution in [0.15, 0.2) is 0 Å². The summed E-state index contributed by atoms with van der Waals surface area (Å²) >= 11 is 0. The van der Waals surface area contributed by atoms with Crippen molar-refractivity contribution in [3.63, 3.8) is 0 Å². The van der Waals surface area contributed by atoms with Crippen LogP contribution < -0.4 is 5.32 Å². The molecule has 1 saturated carbocycles. The molecule has 1 heterocycles. The van der Waals surface area contributed by atoms with Crippen LogP contribution in [0, 0.1) is 5.92 Å². The zero-order valence-electron chi connectivity index (χ0n) is 13.1. The fraction of sp³-hybridized carbons (Fsp3) is 0.933. The third-order valence-corrected chi connectivity index (χ3v) is 4.59. The van der Waals surface area contributed by atoms with Gasteiger partial charge < -0.3 is 10.0 Å². The van der Waals surface area contributed by atoms with Gasteiger partial charge in [-0.2, -0.15) is 0 Å². The quantitative estimate of drug-likeness (QED) is 0.726. The van der Waals surface area contributed by atoms with E-state index >= 15 is 0 Å². The van der Waals surface area contributed by atoms with E-state index in [9.17, 15) is 9.90 Å². The molecule has 0 spiro atoms. The van der Waals surface area contributed by atoms with Gasteiger partial charge in [0.25, 0.3) is 0 Å². The zero-order chi connectivity index (χ0) is 14.8. The van der Waals surface area contributed by atoms with E-state index in [4.69, 9.17) is 0 Å². The molecule has 2 N–H and O–H groups in total. The minimum Gasteiger partial charge on any atom is -0.480 e. The van der Waals surface area contributed by atoms with E-state index in [0.29, 0.717) is 12.5 Å². The van der Waals surface area contributed by atoms with Crippen molar-refractivity contribution in [1.82, 2.24) is 15.1 Å². The Balaban J connectivity index is 2.02. The lowest BCUT2D eigenvalue weighted by molar-refractivity contribution is -0.147. The smallest absolute Gasteiger partial charge is 0.325 e. The predicted molar refractivity (Wildman–Crippen MR) is 79.9 cm³/mol. The molecule has 1 saturated heterocycles. The minimum absolute atomic E-state index is 0.198. The number of piperazine rings is 1. The molecule has 116 valence electrons. The number of carboxylic acids is 1. The summed E-state index contributed by atoms with van der Waals surface area (Å²) < 4.78 is 0. The standard InChI is InChI=1S/C15H29N3O2/c1-4-17-7-9-18(10-8-17)11-15(14(19)20,13-5-6-13)16-12(2)3/h12-13,16H,4-11H2,1-3H3,(H,19,20). The van der Waals surface area contributed by atoms with E-state index in [1.807, 2.05) is 13.8 Å². The summed E-state index contributed by atoms with van der Waals surface area (Å²) in [6.07, 6.45) is 2.09. The highest BCUT2D eigenvalue weighted by molar-refractivity contribution is 5.80. The number of hydrogen-bond donors (Lipinski definition) is 2. The van der Waals surface area contributed by atoms with Crippen molar-refractivity contribution in [3.8, 4) is 0 Å². The van der Waals surface area contributed by atoms with Crippen molar-refractivity contribution in [2.24, 2.45) is 5.92 Å². The van der Waals surface area contributed by atoms with E-state index in [1.165, 1.54) is 0 Å². The van der Waals surface area contributed by atoms with Gasteiger partial charge in [-0.3, -0.25) is 15.0 Å². The third-order valence-electron chi connectivity index (χ3n) is 4.59. The molecule has 5 nitrogen and oxygen atoms in total. The van der Waals surface area contributed by atoms with Crippen molar-refractivity contribution in [3.05, 3.63) is 0 Å². The SMILES string of the molecule is CCN1CCN(CC(NC(C)C)(C(=O)O)C2CC2)CC1. The summed E-state index contributed by atoms with van der Waals surface area (Å²) in [7, 11) is 0. The summed E-state index contributed by atoms with van der Waals surface area (Å²) in [5, 5.41) is 13.2. The zero-order valence-corrected chi connectivity index (χ0v) is 13.1. The monoisotopic (exact) mass is 283 g/mol. The van der Waals surface area contributed by atoms with Crippen LogP contribution in [0.5, 0.6) is 0 Å². The van der Waals surface area contributed by atoms with Crippen LogP contribution in [-0.2, 0) is 4.79 Å². The van der Waals surface area contributed by atoms with Gasteiger partial charge in [0.1, 0.15) is 5.54 Å². The fourth-order valence-corrected chi connectivity index (χ4v) is 3.30. The van der Waals surface area contributed by atoms with Gasteiger partial charge in [-0.1, -0.05) is 6.92 Å². The van der Waals surface area contributed by atoms with Crippen molar-refractivity contribution < 1.29 is 9.90 Å². The Kier molecular flexibility index (Phi) is 5.04. The number of hydrogen-bond acceptors (Lipinski definition) is 4. The Hall–Kier alpha value is -0.650. The highest BCUT2D eigenvalue weighted by Crippen LogP contribution is 2.41. The highest BCUT2D eigenvalue weighted by atomic mass is 16.4. The summed E-state index contributed by atoms with van der Waals surface area (Å²) in [5.41, 5.74) is -0.747. The number of nitrogens with one attached hydrogen (secondary N) is 1. The predicted octanol–water partition coefficient (Wildman–Crippen LogP) is 0.855. The van der Waals surface area contributed by atoms with E-state index in [1.54, 1.807) is 0 Å². The topological polar surface area (TPSA) is 55.8 Å². The van der Waals surface area contributed by atoms with Gasteiger partial charge in [0, 0.05) is 38.8 Å². The van der Waals surface area contributed by atoms with Gasteiger partial charge >= 0.3 is 5.97 Å². The van der Waals surface area contributed by atoms with Gasteiger partial charge in [-0.25, -0.2) is 0 Å². The molecule has 1 aliphatic carbocycles. The Labute approximate surface area is 122 Å². The van der Waals surface area contributed by atoms with Crippen molar-refractivity contribution in [2.45, 2.75) is 45.2 Å². The first kappa shape index (κ1) is 15.7. The fourth-order valence-electron chi connectivity index (χ4n) is 3.30. The Morgan fingerprint density at radius 1 is 1.25 bits per heavy atom. The van der Waals surface area contributed by atoms with Crippen molar-refractivity contribution in [2.75, 3.05) is 39.3 Å². The van der Waals surface area contributed by atoms with E-state index < -0.39 is 11.5 Å². The second-order valence-corrected chi connectivity index (χ2v) is 6.56. The van der Waals surface area contributed by atoms with Crippen LogP contribution >= 0.6 is 0 Å². The van der Waals surface area contributed by atoms with Gasteiger partial charge in [0.2, 0.25) is 0 Å². The molecular formula is C15H29N3O2. The lowest BCUT2D eigenvalue weighted by Gasteiger charge is -2.41. The molecule has 0 aromatic carbocycles. The van der Waals surface area contributed by atoms with Crippen LogP contribution in [0.25, 0.3) is 0 Å². The maximum atomic E-state index is 11.9. The van der Waals surface area contributed by atoms with Gasteiger partial charge in [0.15, 0.2) is 0 Å². The lowest BCUT2D eigenvalue weighted by Crippen LogP contribution is -2.64. The van der Waals surface area contributed by atoms with Crippen LogP contribution in [0.4, 0.5) is 0 Å². The molecule has 0 radical (unpaired) electrons. The van der Waals surface area contributed by atoms with Crippen LogP contribution in [0.3, 0.4) is 0 Å². The molecule has 2 rings (SSSR count). The number of rotatable bonds is 7. The van der Waals surface area contributed by atoms with E-state index in [2.05, 4.69) is 22.0 Å². The van der Waals surface area contributed by atoms with Crippen molar-refractivity contribution >= 4 is 5.97 Å². The Morgan fingerprint density at radius 3 is 2.20 bits per heavy atom. The summed E-state index contributed by atoms with van der Waals surface area (Å²) in [4.78, 5) is 16.7. The molecule has 20 heavy (non-hydrogen) atoms. The minimum atomic E-state index is -0.747. The summed E-state index contributed by atoms with van der Waals surface area (Å²) in [5.74, 6) is -0.377. The maximum Gasteiger partial charge on any atom is 0.325 e. The molecule has 1 atom stereocenters. The molecule has 0 bridgehead atoms. The number of aliphatic carboxylic acids is 1. The number of carboxylic acid groups (broad SMARTS) is 1. The van der Waals surface area contributed by atoms with Crippen LogP contribution in [-0.4, -0.2) is 71.7 Å². The average Bonchev–Trinajstić information content (AvgIpc) is 3.22. The number of likely N-dealkylation sites (N-methyl/N-ethyl adjacent to an activating group) is 1. The third kappa shape index (κ3) is 3.51. The molecule has 0 aromatic heterocycles. The summed E-state index contributed by atoms with van der Waals surface area (Å²) in [6.45, 7) is 12.1. The van der Waals surface area contributed by atoms with Crippen LogP contribution in [0.1, 0.15) is 33.6 Å². The second kappa shape index (κ2) is 6.41. The normalized spacial score (nSPS) is 24.8. The van der Waals surface area contributed by atoms with Crippen molar-refractivity contribution in [1.29, 1.82) is 0 Å². The Bertz CT molecular complexity index is 336. The molecule has 2 aliphatic rings. The highest BCUT2D eigenvalue weighted by Gasteiger charge is 2.52. The van der Waals surface area contributed by atoms with Gasteiger partial charge in [-0.05, 0) is 39.2 Å². The Morgan fingerprint density at radius 2 is 1.80 bits per heavy atom. The second-order valence-electron chi connectivity index (χ2n) is 6.56.